The van der Waals surface area contributed by atoms with E-state index < -0.39 is 0 Å². The van der Waals surface area contributed by atoms with E-state index in [0.29, 0.717) is 18.8 Å². The molecule has 2 aromatic rings. The Morgan fingerprint density at radius 2 is 2.05 bits per heavy atom. The summed E-state index contributed by atoms with van der Waals surface area (Å²) in [5.41, 5.74) is 7.72. The number of nitrogens with zero attached hydrogens (tertiary/aromatic N) is 4. The second-order valence-corrected chi connectivity index (χ2v) is 4.36. The Morgan fingerprint density at radius 1 is 1.37 bits per heavy atom. The SMILES string of the molecule is Cc1ccc(N(C)C(=O)c2cn(CCN)nn2)cc1. The van der Waals surface area contributed by atoms with E-state index in [1.165, 1.54) is 0 Å². The normalized spacial score (nSPS) is 10.5. The maximum absolute atomic E-state index is 12.2. The quantitative estimate of drug-likeness (QED) is 0.882. The fraction of sp³-hybridized carbons (Fsp3) is 0.308. The van der Waals surface area contributed by atoms with Gasteiger partial charge in [-0.2, -0.15) is 0 Å². The van der Waals surface area contributed by atoms with Gasteiger partial charge in [-0.3, -0.25) is 9.48 Å². The Bertz CT molecular complexity index is 561. The first-order valence-electron chi connectivity index (χ1n) is 6.06. The van der Waals surface area contributed by atoms with E-state index in [1.807, 2.05) is 31.2 Å². The summed E-state index contributed by atoms with van der Waals surface area (Å²) < 4.78 is 1.57. The molecule has 0 bridgehead atoms. The molecule has 0 fully saturated rings. The Morgan fingerprint density at radius 3 is 2.68 bits per heavy atom. The van der Waals surface area contributed by atoms with Gasteiger partial charge < -0.3 is 10.6 Å². The minimum absolute atomic E-state index is 0.188. The third kappa shape index (κ3) is 2.97. The molecule has 0 spiro atoms. The number of nitrogens with two attached hydrogens (primary N) is 1. The van der Waals surface area contributed by atoms with Crippen molar-refractivity contribution in [2.45, 2.75) is 13.5 Å². The molecule has 19 heavy (non-hydrogen) atoms. The lowest BCUT2D eigenvalue weighted by atomic mass is 10.2. The first-order chi connectivity index (χ1) is 9.11. The molecule has 1 heterocycles. The van der Waals surface area contributed by atoms with E-state index in [1.54, 1.807) is 22.8 Å². The van der Waals surface area contributed by atoms with Gasteiger partial charge in [0.25, 0.3) is 5.91 Å². The number of carbonyl (C=O) groups excluding carboxylic acids is 1. The van der Waals surface area contributed by atoms with Gasteiger partial charge in [-0.15, -0.1) is 5.10 Å². The fourth-order valence-corrected chi connectivity index (χ4v) is 1.70. The summed E-state index contributed by atoms with van der Waals surface area (Å²) >= 11 is 0. The van der Waals surface area contributed by atoms with E-state index in [9.17, 15) is 4.79 Å². The molecule has 1 aromatic heterocycles. The molecular weight excluding hydrogens is 242 g/mol. The molecule has 2 rings (SSSR count). The number of benzene rings is 1. The Hall–Kier alpha value is -2.21. The third-order valence-corrected chi connectivity index (χ3v) is 2.84. The van der Waals surface area contributed by atoms with Crippen LogP contribution in [0, 0.1) is 6.92 Å². The number of carbonyl (C=O) groups is 1. The van der Waals surface area contributed by atoms with Crippen LogP contribution in [0.4, 0.5) is 5.69 Å². The van der Waals surface area contributed by atoms with Crippen molar-refractivity contribution < 1.29 is 4.79 Å². The van der Waals surface area contributed by atoms with Gasteiger partial charge in [0.1, 0.15) is 0 Å². The zero-order valence-electron chi connectivity index (χ0n) is 11.1. The summed E-state index contributed by atoms with van der Waals surface area (Å²) in [5.74, 6) is -0.188. The minimum Gasteiger partial charge on any atom is -0.329 e. The van der Waals surface area contributed by atoms with E-state index in [0.717, 1.165) is 11.3 Å². The maximum Gasteiger partial charge on any atom is 0.280 e. The zero-order valence-corrected chi connectivity index (χ0v) is 11.1. The zero-order chi connectivity index (χ0) is 13.8. The van der Waals surface area contributed by atoms with E-state index in [-0.39, 0.29) is 5.91 Å². The molecule has 0 atom stereocenters. The van der Waals surface area contributed by atoms with Crippen molar-refractivity contribution >= 4 is 11.6 Å². The van der Waals surface area contributed by atoms with Crippen LogP contribution in [0.3, 0.4) is 0 Å². The van der Waals surface area contributed by atoms with Crippen LogP contribution in [0.2, 0.25) is 0 Å². The topological polar surface area (TPSA) is 77.0 Å². The average molecular weight is 259 g/mol. The van der Waals surface area contributed by atoms with Crippen LogP contribution in [0.15, 0.2) is 30.5 Å². The summed E-state index contributed by atoms with van der Waals surface area (Å²) in [6, 6.07) is 7.73. The number of aromatic nitrogens is 3. The van der Waals surface area contributed by atoms with E-state index >= 15 is 0 Å². The molecule has 0 aliphatic carbocycles. The molecule has 6 heteroatoms. The minimum atomic E-state index is -0.188. The Labute approximate surface area is 111 Å². The standard InChI is InChI=1S/C13H17N5O/c1-10-3-5-11(6-4-10)17(2)13(19)12-9-18(8-7-14)16-15-12/h3-6,9H,7-8,14H2,1-2H3. The number of amides is 1. The van der Waals surface area contributed by atoms with E-state index in [2.05, 4.69) is 10.3 Å². The number of anilines is 1. The fourth-order valence-electron chi connectivity index (χ4n) is 1.70. The summed E-state index contributed by atoms with van der Waals surface area (Å²) in [5, 5.41) is 7.72. The van der Waals surface area contributed by atoms with Crippen LogP contribution in [0.1, 0.15) is 16.1 Å². The van der Waals surface area contributed by atoms with Crippen LogP contribution in [-0.4, -0.2) is 34.5 Å². The summed E-state index contributed by atoms with van der Waals surface area (Å²) in [7, 11) is 1.72. The largest absolute Gasteiger partial charge is 0.329 e. The van der Waals surface area contributed by atoms with Gasteiger partial charge in [0.2, 0.25) is 0 Å². The maximum atomic E-state index is 12.2. The molecule has 1 aromatic carbocycles. The molecule has 2 N–H and O–H groups in total. The van der Waals surface area contributed by atoms with E-state index in [4.69, 9.17) is 5.73 Å². The number of hydrogen-bond acceptors (Lipinski definition) is 4. The highest BCUT2D eigenvalue weighted by Crippen LogP contribution is 2.15. The first kappa shape index (κ1) is 13.2. The van der Waals surface area contributed by atoms with Crippen LogP contribution in [-0.2, 0) is 6.54 Å². The second kappa shape index (κ2) is 5.62. The molecule has 0 radical (unpaired) electrons. The summed E-state index contributed by atoms with van der Waals surface area (Å²) in [6.45, 7) is 3.02. The van der Waals surface area contributed by atoms with Crippen molar-refractivity contribution in [1.82, 2.24) is 15.0 Å². The van der Waals surface area contributed by atoms with Crippen molar-refractivity contribution in [3.8, 4) is 0 Å². The first-order valence-corrected chi connectivity index (χ1v) is 6.06. The highest BCUT2D eigenvalue weighted by Gasteiger charge is 2.16. The average Bonchev–Trinajstić information content (AvgIpc) is 2.87. The van der Waals surface area contributed by atoms with Crippen molar-refractivity contribution in [2.75, 3.05) is 18.5 Å². The highest BCUT2D eigenvalue weighted by molar-refractivity contribution is 6.04. The molecule has 0 aliphatic heterocycles. The van der Waals surface area contributed by atoms with Crippen molar-refractivity contribution in [3.63, 3.8) is 0 Å². The molecule has 0 unspecified atom stereocenters. The third-order valence-electron chi connectivity index (χ3n) is 2.84. The predicted octanol–water partition coefficient (Wildman–Crippen LogP) is 0.822. The molecule has 1 amide bonds. The molecule has 0 saturated heterocycles. The van der Waals surface area contributed by atoms with Crippen LogP contribution >= 0.6 is 0 Å². The Kier molecular flexibility index (Phi) is 3.91. The molecule has 0 saturated carbocycles. The number of rotatable bonds is 4. The Balaban J connectivity index is 2.15. The lowest BCUT2D eigenvalue weighted by Gasteiger charge is -2.15. The monoisotopic (exact) mass is 259 g/mol. The lowest BCUT2D eigenvalue weighted by Crippen LogP contribution is -2.26. The van der Waals surface area contributed by atoms with Gasteiger partial charge >= 0.3 is 0 Å². The predicted molar refractivity (Wildman–Crippen MR) is 73.0 cm³/mol. The van der Waals surface area contributed by atoms with Crippen LogP contribution in [0.5, 0.6) is 0 Å². The number of aryl methyl sites for hydroxylation is 1. The van der Waals surface area contributed by atoms with Gasteiger partial charge in [0.15, 0.2) is 5.69 Å². The summed E-state index contributed by atoms with van der Waals surface area (Å²) in [4.78, 5) is 13.8. The summed E-state index contributed by atoms with van der Waals surface area (Å²) in [6.07, 6.45) is 1.61. The smallest absolute Gasteiger partial charge is 0.280 e. The lowest BCUT2D eigenvalue weighted by molar-refractivity contribution is 0.0988. The van der Waals surface area contributed by atoms with Crippen LogP contribution < -0.4 is 10.6 Å². The van der Waals surface area contributed by atoms with Crippen molar-refractivity contribution in [1.29, 1.82) is 0 Å². The van der Waals surface area contributed by atoms with Crippen molar-refractivity contribution in [2.24, 2.45) is 5.73 Å². The molecule has 0 aliphatic rings. The second-order valence-electron chi connectivity index (χ2n) is 4.36. The highest BCUT2D eigenvalue weighted by atomic mass is 16.2. The van der Waals surface area contributed by atoms with Gasteiger partial charge in [-0.05, 0) is 19.1 Å². The van der Waals surface area contributed by atoms with Crippen molar-refractivity contribution in [3.05, 3.63) is 41.7 Å². The molecule has 6 nitrogen and oxygen atoms in total. The molecule has 100 valence electrons. The van der Waals surface area contributed by atoms with Crippen LogP contribution in [0.25, 0.3) is 0 Å². The van der Waals surface area contributed by atoms with Gasteiger partial charge in [-0.25, -0.2) is 0 Å². The number of hydrogen-bond donors (Lipinski definition) is 1. The van der Waals surface area contributed by atoms with Gasteiger partial charge in [-0.1, -0.05) is 22.9 Å². The molecular formula is C13H17N5O. The van der Waals surface area contributed by atoms with Gasteiger partial charge in [0.05, 0.1) is 12.7 Å². The van der Waals surface area contributed by atoms with Gasteiger partial charge in [0, 0.05) is 19.3 Å².